The lowest BCUT2D eigenvalue weighted by Gasteiger charge is -2.35. The van der Waals surface area contributed by atoms with Crippen LogP contribution in [0.15, 0.2) is 0 Å². The molecule has 2 unspecified atom stereocenters. The number of piperazine rings is 1. The minimum absolute atomic E-state index is 0.102. The van der Waals surface area contributed by atoms with Gasteiger partial charge in [0.05, 0.1) is 16.8 Å². The van der Waals surface area contributed by atoms with Gasteiger partial charge < -0.3 is 10.6 Å². The summed E-state index contributed by atoms with van der Waals surface area (Å²) in [6, 6.07) is -0.813. The first-order valence-electron chi connectivity index (χ1n) is 6.97. The normalized spacial score (nSPS) is 30.1. The number of carbonyl (C=O) groups excluding carboxylic acids is 1. The molecule has 0 spiro atoms. The lowest BCUT2D eigenvalue weighted by molar-refractivity contribution is -0.125. The Morgan fingerprint density at radius 1 is 1.43 bits per heavy atom. The third kappa shape index (κ3) is 3.55. The number of amides is 1. The number of rotatable bonds is 4. The first-order chi connectivity index (χ1) is 9.78. The lowest BCUT2D eigenvalue weighted by Crippen LogP contribution is -2.61. The van der Waals surface area contributed by atoms with Gasteiger partial charge in [-0.1, -0.05) is 0 Å². The van der Waals surface area contributed by atoms with Gasteiger partial charge in [0.15, 0.2) is 9.84 Å². The van der Waals surface area contributed by atoms with Crippen LogP contribution >= 0.6 is 0 Å². The molecule has 2 heterocycles. The van der Waals surface area contributed by atoms with Gasteiger partial charge in [0.25, 0.3) is 0 Å². The van der Waals surface area contributed by atoms with Crippen molar-refractivity contribution in [2.45, 2.75) is 24.6 Å². The molecule has 0 saturated carbocycles. The Morgan fingerprint density at radius 3 is 2.71 bits per heavy atom. The average molecular weight is 339 g/mol. The molecule has 21 heavy (non-hydrogen) atoms. The van der Waals surface area contributed by atoms with Crippen LogP contribution in [-0.4, -0.2) is 76.0 Å². The maximum atomic E-state index is 12.6. The highest BCUT2D eigenvalue weighted by Crippen LogP contribution is 2.24. The SMILES string of the molecule is CCNC(=O)C1CNCCN1S(=O)(=O)C1CCS(=O)(=O)C1. The van der Waals surface area contributed by atoms with Gasteiger partial charge in [-0.3, -0.25) is 4.79 Å². The summed E-state index contributed by atoms with van der Waals surface area (Å²) in [5, 5.41) is 4.69. The molecule has 2 aliphatic heterocycles. The predicted octanol–water partition coefficient (Wildman–Crippen LogP) is -2.09. The number of sulfone groups is 1. The highest BCUT2D eigenvalue weighted by Gasteiger charge is 2.45. The molecule has 1 amide bonds. The van der Waals surface area contributed by atoms with Crippen molar-refractivity contribution in [3.63, 3.8) is 0 Å². The summed E-state index contributed by atoms with van der Waals surface area (Å²) in [6.45, 7) is 3.05. The summed E-state index contributed by atoms with van der Waals surface area (Å²) in [5.74, 6) is -0.801. The number of carbonyl (C=O) groups is 1. The Morgan fingerprint density at radius 2 is 2.14 bits per heavy atom. The molecular weight excluding hydrogens is 318 g/mol. The van der Waals surface area contributed by atoms with Gasteiger partial charge in [-0.25, -0.2) is 16.8 Å². The molecule has 0 aromatic carbocycles. The second-order valence-electron chi connectivity index (χ2n) is 5.30. The lowest BCUT2D eigenvalue weighted by atomic mass is 10.2. The Hall–Kier alpha value is -0.710. The second kappa shape index (κ2) is 6.19. The molecule has 0 aromatic rings. The molecule has 0 bridgehead atoms. The van der Waals surface area contributed by atoms with E-state index in [2.05, 4.69) is 10.6 Å². The van der Waals surface area contributed by atoms with Crippen LogP contribution in [-0.2, 0) is 24.7 Å². The number of hydrogen-bond acceptors (Lipinski definition) is 6. The standard InChI is InChI=1S/C11H21N3O5S2/c1-2-13-11(15)10-7-12-4-5-14(10)21(18,19)9-3-6-20(16,17)8-9/h9-10,12H,2-8H2,1H3,(H,13,15). The fraction of sp³-hybridized carbons (Fsp3) is 0.909. The summed E-state index contributed by atoms with van der Waals surface area (Å²) in [6.07, 6.45) is 0.108. The summed E-state index contributed by atoms with van der Waals surface area (Å²) >= 11 is 0. The van der Waals surface area contributed by atoms with Crippen molar-refractivity contribution in [3.05, 3.63) is 0 Å². The molecule has 122 valence electrons. The molecule has 2 aliphatic rings. The van der Waals surface area contributed by atoms with Crippen LogP contribution in [0.3, 0.4) is 0 Å². The van der Waals surface area contributed by atoms with Crippen LogP contribution in [0.4, 0.5) is 0 Å². The van der Waals surface area contributed by atoms with E-state index in [1.807, 2.05) is 0 Å². The highest BCUT2D eigenvalue weighted by molar-refractivity contribution is 7.95. The smallest absolute Gasteiger partial charge is 0.239 e. The molecule has 0 radical (unpaired) electrons. The van der Waals surface area contributed by atoms with Crippen molar-refractivity contribution in [1.29, 1.82) is 0 Å². The highest BCUT2D eigenvalue weighted by atomic mass is 32.2. The molecule has 0 aromatic heterocycles. The fourth-order valence-corrected chi connectivity index (χ4v) is 7.37. The average Bonchev–Trinajstić information content (AvgIpc) is 2.80. The molecule has 2 N–H and O–H groups in total. The van der Waals surface area contributed by atoms with Crippen molar-refractivity contribution in [1.82, 2.24) is 14.9 Å². The van der Waals surface area contributed by atoms with Crippen LogP contribution in [0.1, 0.15) is 13.3 Å². The van der Waals surface area contributed by atoms with E-state index in [9.17, 15) is 21.6 Å². The topological polar surface area (TPSA) is 113 Å². The van der Waals surface area contributed by atoms with E-state index in [4.69, 9.17) is 0 Å². The molecule has 10 heteroatoms. The third-order valence-corrected chi connectivity index (χ3v) is 8.10. The summed E-state index contributed by atoms with van der Waals surface area (Å²) in [7, 11) is -7.08. The quantitative estimate of drug-likeness (QED) is 0.607. The van der Waals surface area contributed by atoms with E-state index in [1.165, 1.54) is 4.31 Å². The van der Waals surface area contributed by atoms with Gasteiger partial charge in [0.2, 0.25) is 15.9 Å². The van der Waals surface area contributed by atoms with Crippen molar-refractivity contribution in [3.8, 4) is 0 Å². The molecular formula is C11H21N3O5S2. The van der Waals surface area contributed by atoms with Gasteiger partial charge in [0, 0.05) is 26.2 Å². The number of hydrogen-bond donors (Lipinski definition) is 2. The maximum absolute atomic E-state index is 12.6. The minimum Gasteiger partial charge on any atom is -0.355 e. The number of sulfonamides is 1. The van der Waals surface area contributed by atoms with Crippen LogP contribution in [0, 0.1) is 0 Å². The largest absolute Gasteiger partial charge is 0.355 e. The van der Waals surface area contributed by atoms with E-state index in [0.29, 0.717) is 13.1 Å². The molecule has 2 fully saturated rings. The maximum Gasteiger partial charge on any atom is 0.239 e. The molecule has 8 nitrogen and oxygen atoms in total. The van der Waals surface area contributed by atoms with E-state index >= 15 is 0 Å². The summed E-state index contributed by atoms with van der Waals surface area (Å²) < 4.78 is 49.5. The van der Waals surface area contributed by atoms with Crippen molar-refractivity contribution < 1.29 is 21.6 Å². The molecule has 2 atom stereocenters. The summed E-state index contributed by atoms with van der Waals surface area (Å²) in [5.41, 5.74) is 0. The Balaban J connectivity index is 2.22. The first-order valence-corrected chi connectivity index (χ1v) is 10.3. The van der Waals surface area contributed by atoms with Gasteiger partial charge in [-0.15, -0.1) is 0 Å². The van der Waals surface area contributed by atoms with Gasteiger partial charge in [-0.2, -0.15) is 4.31 Å². The fourth-order valence-electron chi connectivity index (χ4n) is 2.69. The van der Waals surface area contributed by atoms with Gasteiger partial charge in [-0.05, 0) is 13.3 Å². The van der Waals surface area contributed by atoms with E-state index in [0.717, 1.165) is 0 Å². The molecule has 2 saturated heterocycles. The van der Waals surface area contributed by atoms with Gasteiger partial charge >= 0.3 is 0 Å². The van der Waals surface area contributed by atoms with E-state index in [1.54, 1.807) is 6.92 Å². The van der Waals surface area contributed by atoms with Crippen LogP contribution in [0.2, 0.25) is 0 Å². The Kier molecular flexibility index (Phi) is 4.91. The van der Waals surface area contributed by atoms with Crippen LogP contribution < -0.4 is 10.6 Å². The zero-order valence-electron chi connectivity index (χ0n) is 11.9. The zero-order chi connectivity index (χ0) is 15.7. The number of nitrogens with zero attached hydrogens (tertiary/aromatic N) is 1. The van der Waals surface area contributed by atoms with E-state index < -0.39 is 31.2 Å². The minimum atomic E-state index is -3.79. The Labute approximate surface area is 125 Å². The first kappa shape index (κ1) is 16.7. The molecule has 0 aliphatic carbocycles. The predicted molar refractivity (Wildman–Crippen MR) is 78.0 cm³/mol. The van der Waals surface area contributed by atoms with E-state index in [-0.39, 0.29) is 36.9 Å². The monoisotopic (exact) mass is 339 g/mol. The second-order valence-corrected chi connectivity index (χ2v) is 9.69. The van der Waals surface area contributed by atoms with Crippen molar-refractivity contribution in [2.24, 2.45) is 0 Å². The number of nitrogens with one attached hydrogen (secondary N) is 2. The zero-order valence-corrected chi connectivity index (χ0v) is 13.5. The van der Waals surface area contributed by atoms with Crippen LogP contribution in [0.5, 0.6) is 0 Å². The van der Waals surface area contributed by atoms with Crippen LogP contribution in [0.25, 0.3) is 0 Å². The number of likely N-dealkylation sites (N-methyl/N-ethyl adjacent to an activating group) is 1. The van der Waals surface area contributed by atoms with Crippen molar-refractivity contribution in [2.75, 3.05) is 37.7 Å². The Bertz CT molecular complexity index is 601. The van der Waals surface area contributed by atoms with Crippen molar-refractivity contribution >= 4 is 25.8 Å². The molecule has 2 rings (SSSR count). The summed E-state index contributed by atoms with van der Waals surface area (Å²) in [4.78, 5) is 12.0. The third-order valence-electron chi connectivity index (χ3n) is 3.79. The van der Waals surface area contributed by atoms with Gasteiger partial charge in [0.1, 0.15) is 6.04 Å².